The van der Waals surface area contributed by atoms with Crippen LogP contribution in [0.3, 0.4) is 0 Å². The minimum absolute atomic E-state index is 0.317. The lowest BCUT2D eigenvalue weighted by atomic mass is 9.84. The first-order valence-corrected chi connectivity index (χ1v) is 11.7. The number of aromatic nitrogens is 3. The average molecular weight is 483 g/mol. The molecule has 1 N–H and O–H groups in total. The molecule has 2 atom stereocenters. The normalized spacial score (nSPS) is 17.8. The highest BCUT2D eigenvalue weighted by Crippen LogP contribution is 2.52. The largest absolute Gasteiger partial charge is 0.496 e. The van der Waals surface area contributed by atoms with E-state index >= 15 is 0 Å². The first-order chi connectivity index (χ1) is 17.6. The van der Waals surface area contributed by atoms with Gasteiger partial charge in [-0.1, -0.05) is 35.9 Å². The van der Waals surface area contributed by atoms with Crippen molar-refractivity contribution in [3.63, 3.8) is 0 Å². The molecule has 0 fully saturated rings. The Bertz CT molecular complexity index is 1490. The molecule has 0 saturated heterocycles. The van der Waals surface area contributed by atoms with E-state index in [0.717, 1.165) is 45.0 Å². The van der Waals surface area contributed by atoms with Crippen LogP contribution in [0, 0.1) is 6.92 Å². The van der Waals surface area contributed by atoms with Crippen LogP contribution in [0.5, 0.6) is 23.0 Å². The minimum atomic E-state index is -0.436. The molecule has 0 amide bonds. The zero-order valence-electron chi connectivity index (χ0n) is 20.5. The van der Waals surface area contributed by atoms with Crippen LogP contribution in [0.4, 0.5) is 5.95 Å². The standard InChI is InChI=1S/C28H26N4O4/c1-16-9-11-21-19(13-16)25-24(27(36-21)18-7-5-6-8-20(18)33-2)26(32-28(31-25)29-15-30-32)17-10-12-22(34-3)23(14-17)35-4/h5-15,26-27H,1-4H3,(H,29,30,31). The molecule has 3 aromatic carbocycles. The van der Waals surface area contributed by atoms with Crippen molar-refractivity contribution in [3.05, 3.63) is 94.8 Å². The highest BCUT2D eigenvalue weighted by molar-refractivity contribution is 5.85. The maximum atomic E-state index is 6.73. The predicted molar refractivity (Wildman–Crippen MR) is 136 cm³/mol. The molecule has 2 unspecified atom stereocenters. The van der Waals surface area contributed by atoms with Crippen LogP contribution >= 0.6 is 0 Å². The topological polar surface area (TPSA) is 79.7 Å². The van der Waals surface area contributed by atoms with Crippen LogP contribution in [0.15, 0.2) is 72.6 Å². The second-order valence-corrected chi connectivity index (χ2v) is 8.74. The molecule has 36 heavy (non-hydrogen) atoms. The van der Waals surface area contributed by atoms with Crippen molar-refractivity contribution in [2.75, 3.05) is 26.6 Å². The predicted octanol–water partition coefficient (Wildman–Crippen LogP) is 5.17. The maximum absolute atomic E-state index is 6.73. The van der Waals surface area contributed by atoms with E-state index in [1.807, 2.05) is 53.2 Å². The molecule has 0 bridgehead atoms. The number of fused-ring (bicyclic) bond motifs is 3. The van der Waals surface area contributed by atoms with E-state index in [2.05, 4.69) is 34.5 Å². The monoisotopic (exact) mass is 482 g/mol. The van der Waals surface area contributed by atoms with Crippen LogP contribution in [0.1, 0.15) is 34.4 Å². The summed E-state index contributed by atoms with van der Waals surface area (Å²) in [5.41, 5.74) is 5.97. The molecule has 1 aromatic heterocycles. The summed E-state index contributed by atoms with van der Waals surface area (Å²) >= 11 is 0. The van der Waals surface area contributed by atoms with Gasteiger partial charge < -0.3 is 24.3 Å². The summed E-state index contributed by atoms with van der Waals surface area (Å²) in [6.07, 6.45) is 1.12. The Kier molecular flexibility index (Phi) is 5.29. The van der Waals surface area contributed by atoms with E-state index in [4.69, 9.17) is 18.9 Å². The lowest BCUT2D eigenvalue weighted by Gasteiger charge is -2.39. The van der Waals surface area contributed by atoms with Gasteiger partial charge in [-0.15, -0.1) is 0 Å². The van der Waals surface area contributed by atoms with Gasteiger partial charge in [0.2, 0.25) is 5.95 Å². The van der Waals surface area contributed by atoms with Gasteiger partial charge in [0, 0.05) is 16.7 Å². The summed E-state index contributed by atoms with van der Waals surface area (Å²) in [4.78, 5) is 4.51. The van der Waals surface area contributed by atoms with E-state index in [-0.39, 0.29) is 6.04 Å². The van der Waals surface area contributed by atoms with Gasteiger partial charge in [0.1, 0.15) is 23.9 Å². The van der Waals surface area contributed by atoms with Gasteiger partial charge in [-0.3, -0.25) is 0 Å². The number of benzene rings is 3. The van der Waals surface area contributed by atoms with Crippen molar-refractivity contribution >= 4 is 11.6 Å². The third-order valence-electron chi connectivity index (χ3n) is 6.71. The highest BCUT2D eigenvalue weighted by atomic mass is 16.5. The van der Waals surface area contributed by atoms with Crippen molar-refractivity contribution in [2.45, 2.75) is 19.1 Å². The second kappa shape index (κ2) is 8.64. The molecule has 0 aliphatic carbocycles. The fourth-order valence-electron chi connectivity index (χ4n) is 5.07. The fraction of sp³-hybridized carbons (Fsp3) is 0.214. The zero-order chi connectivity index (χ0) is 24.8. The maximum Gasteiger partial charge on any atom is 0.226 e. The molecule has 0 saturated carbocycles. The Balaban J connectivity index is 1.64. The van der Waals surface area contributed by atoms with Crippen LogP contribution in [-0.4, -0.2) is 36.1 Å². The number of hydrogen-bond donors (Lipinski definition) is 1. The summed E-state index contributed by atoms with van der Waals surface area (Å²) < 4.78 is 25.5. The second-order valence-electron chi connectivity index (χ2n) is 8.74. The Morgan fingerprint density at radius 3 is 2.50 bits per heavy atom. The number of ether oxygens (including phenoxy) is 4. The molecule has 4 aromatic rings. The van der Waals surface area contributed by atoms with Gasteiger partial charge >= 0.3 is 0 Å². The molecule has 0 radical (unpaired) electrons. The summed E-state index contributed by atoms with van der Waals surface area (Å²) in [5, 5.41) is 8.14. The average Bonchev–Trinajstić information content (AvgIpc) is 3.39. The molecule has 8 nitrogen and oxygen atoms in total. The first kappa shape index (κ1) is 22.0. The van der Waals surface area contributed by atoms with Crippen LogP contribution in [0.2, 0.25) is 0 Å². The molecule has 3 heterocycles. The van der Waals surface area contributed by atoms with Crippen molar-refractivity contribution < 1.29 is 18.9 Å². The quantitative estimate of drug-likeness (QED) is 0.420. The van der Waals surface area contributed by atoms with Gasteiger partial charge in [0.25, 0.3) is 0 Å². The van der Waals surface area contributed by atoms with Crippen molar-refractivity contribution in [1.29, 1.82) is 0 Å². The van der Waals surface area contributed by atoms with E-state index in [9.17, 15) is 0 Å². The van der Waals surface area contributed by atoms with Gasteiger partial charge in [0.15, 0.2) is 17.6 Å². The van der Waals surface area contributed by atoms with E-state index < -0.39 is 6.10 Å². The van der Waals surface area contributed by atoms with Crippen molar-refractivity contribution in [3.8, 4) is 23.0 Å². The van der Waals surface area contributed by atoms with Gasteiger partial charge in [-0.2, -0.15) is 10.1 Å². The first-order valence-electron chi connectivity index (χ1n) is 11.7. The van der Waals surface area contributed by atoms with Crippen LogP contribution in [-0.2, 0) is 0 Å². The smallest absolute Gasteiger partial charge is 0.226 e. The number of para-hydroxylation sites is 1. The minimum Gasteiger partial charge on any atom is -0.496 e. The Hall–Kier alpha value is -4.46. The molecule has 2 aliphatic heterocycles. The van der Waals surface area contributed by atoms with Gasteiger partial charge in [0.05, 0.1) is 27.0 Å². The number of nitrogens with zero attached hydrogens (tertiary/aromatic N) is 3. The SMILES string of the molecule is COc1ccc(C2C3=C(Nc4ncnn42)c2cc(C)ccc2OC3c2ccccc2OC)cc1OC. The number of rotatable bonds is 5. The number of hydrogen-bond acceptors (Lipinski definition) is 7. The van der Waals surface area contributed by atoms with Crippen LogP contribution < -0.4 is 24.3 Å². The molecule has 2 aliphatic rings. The summed E-state index contributed by atoms with van der Waals surface area (Å²) in [7, 11) is 4.94. The number of aryl methyl sites for hydroxylation is 1. The molecular weight excluding hydrogens is 456 g/mol. The fourth-order valence-corrected chi connectivity index (χ4v) is 5.07. The van der Waals surface area contributed by atoms with E-state index in [0.29, 0.717) is 17.4 Å². The summed E-state index contributed by atoms with van der Waals surface area (Å²) in [6, 6.07) is 19.7. The molecule has 6 rings (SSSR count). The lowest BCUT2D eigenvalue weighted by molar-refractivity contribution is 0.217. The number of methoxy groups -OCH3 is 3. The third-order valence-corrected chi connectivity index (χ3v) is 6.71. The third kappa shape index (κ3) is 3.37. The van der Waals surface area contributed by atoms with Crippen molar-refractivity contribution in [2.24, 2.45) is 0 Å². The zero-order valence-corrected chi connectivity index (χ0v) is 20.5. The number of nitrogens with one attached hydrogen (secondary N) is 1. The number of anilines is 1. The molecule has 182 valence electrons. The van der Waals surface area contributed by atoms with E-state index in [1.165, 1.54) is 0 Å². The summed E-state index contributed by atoms with van der Waals surface area (Å²) in [5.74, 6) is 3.49. The van der Waals surface area contributed by atoms with E-state index in [1.54, 1.807) is 27.7 Å². The summed E-state index contributed by atoms with van der Waals surface area (Å²) in [6.45, 7) is 2.07. The Morgan fingerprint density at radius 1 is 0.889 bits per heavy atom. The Morgan fingerprint density at radius 2 is 1.69 bits per heavy atom. The lowest BCUT2D eigenvalue weighted by Crippen LogP contribution is -2.32. The molecule has 8 heteroatoms. The van der Waals surface area contributed by atoms with Crippen LogP contribution in [0.25, 0.3) is 5.70 Å². The highest BCUT2D eigenvalue weighted by Gasteiger charge is 2.42. The van der Waals surface area contributed by atoms with Gasteiger partial charge in [-0.25, -0.2) is 4.68 Å². The molecule has 0 spiro atoms. The Labute approximate surface area is 209 Å². The van der Waals surface area contributed by atoms with Gasteiger partial charge in [-0.05, 0) is 42.8 Å². The van der Waals surface area contributed by atoms with Crippen molar-refractivity contribution in [1.82, 2.24) is 14.8 Å². The molecular formula is C28H26N4O4.